The number of piperidine rings is 1. The van der Waals surface area contributed by atoms with Gasteiger partial charge in [0.1, 0.15) is 5.75 Å². The Hall–Kier alpha value is -0.730. The van der Waals surface area contributed by atoms with E-state index in [0.717, 1.165) is 31.4 Å². The van der Waals surface area contributed by atoms with Gasteiger partial charge in [-0.25, -0.2) is 0 Å². The molecule has 0 spiro atoms. The van der Waals surface area contributed by atoms with E-state index in [1.54, 1.807) is 0 Å². The number of hydrogen-bond donors (Lipinski definition) is 0. The van der Waals surface area contributed by atoms with Crippen LogP contribution in [0.1, 0.15) is 32.6 Å². The molecule has 1 heterocycles. The summed E-state index contributed by atoms with van der Waals surface area (Å²) >= 11 is 6.04. The summed E-state index contributed by atoms with van der Waals surface area (Å²) in [7, 11) is 0. The average molecular weight is 268 g/mol. The fourth-order valence-corrected chi connectivity index (χ4v) is 2.69. The third kappa shape index (κ3) is 3.89. The lowest BCUT2D eigenvalue weighted by Crippen LogP contribution is -2.38. The van der Waals surface area contributed by atoms with Crippen LogP contribution in [0.4, 0.5) is 0 Å². The molecule has 1 aromatic rings. The van der Waals surface area contributed by atoms with Gasteiger partial charge >= 0.3 is 0 Å². The smallest absolute Gasteiger partial charge is 0.137 e. The number of nitrogens with zero attached hydrogens (tertiary/aromatic N) is 1. The summed E-state index contributed by atoms with van der Waals surface area (Å²) in [6.45, 7) is 5.44. The van der Waals surface area contributed by atoms with Crippen molar-refractivity contribution < 1.29 is 4.74 Å². The average Bonchev–Trinajstić information content (AvgIpc) is 2.38. The van der Waals surface area contributed by atoms with Gasteiger partial charge in [-0.3, -0.25) is 0 Å². The van der Waals surface area contributed by atoms with Crippen LogP contribution >= 0.6 is 11.6 Å². The van der Waals surface area contributed by atoms with E-state index >= 15 is 0 Å². The Bertz CT molecular complexity index is 369. The van der Waals surface area contributed by atoms with Crippen molar-refractivity contribution in [2.75, 3.05) is 19.7 Å². The van der Waals surface area contributed by atoms with Crippen molar-refractivity contribution in [3.63, 3.8) is 0 Å². The number of benzene rings is 1. The highest BCUT2D eigenvalue weighted by Crippen LogP contribution is 2.23. The molecule has 3 heteroatoms. The summed E-state index contributed by atoms with van der Waals surface area (Å²) in [5, 5.41) is 0.698. The summed E-state index contributed by atoms with van der Waals surface area (Å²) in [6.07, 6.45) is 5.13. The quantitative estimate of drug-likeness (QED) is 0.748. The van der Waals surface area contributed by atoms with E-state index < -0.39 is 0 Å². The maximum atomic E-state index is 6.04. The fourth-order valence-electron chi connectivity index (χ4n) is 2.50. The lowest BCUT2D eigenvalue weighted by atomic mass is 10.0. The van der Waals surface area contributed by atoms with Crippen LogP contribution < -0.4 is 4.74 Å². The fraction of sp³-hybridized carbons (Fsp3) is 0.600. The molecule has 1 atom stereocenters. The highest BCUT2D eigenvalue weighted by atomic mass is 35.5. The molecular weight excluding hydrogens is 246 g/mol. The van der Waals surface area contributed by atoms with Crippen LogP contribution in [0.3, 0.4) is 0 Å². The third-order valence-electron chi connectivity index (χ3n) is 3.62. The van der Waals surface area contributed by atoms with Crippen molar-refractivity contribution in [2.24, 2.45) is 0 Å². The predicted octanol–water partition coefficient (Wildman–Crippen LogP) is 3.98. The molecule has 0 aromatic heterocycles. The van der Waals surface area contributed by atoms with Crippen LogP contribution in [0.25, 0.3) is 0 Å². The molecule has 0 bridgehead atoms. The molecule has 2 rings (SSSR count). The van der Waals surface area contributed by atoms with Crippen LogP contribution in [0.2, 0.25) is 5.02 Å². The van der Waals surface area contributed by atoms with E-state index in [0.29, 0.717) is 5.02 Å². The standard InChI is InChI=1S/C15H22ClNO/c1-13-7-4-5-10-17(13)11-6-12-18-15-9-3-2-8-14(15)16/h2-3,8-9,13H,4-7,10-12H2,1H3. The molecule has 2 nitrogen and oxygen atoms in total. The normalized spacial score (nSPS) is 20.9. The minimum Gasteiger partial charge on any atom is -0.492 e. The number of rotatable bonds is 5. The SMILES string of the molecule is CC1CCCCN1CCCOc1ccccc1Cl. The van der Waals surface area contributed by atoms with Gasteiger partial charge in [0.05, 0.1) is 11.6 Å². The van der Waals surface area contributed by atoms with Gasteiger partial charge in [0, 0.05) is 12.6 Å². The summed E-state index contributed by atoms with van der Waals surface area (Å²) < 4.78 is 5.70. The summed E-state index contributed by atoms with van der Waals surface area (Å²) in [5.74, 6) is 0.797. The zero-order chi connectivity index (χ0) is 12.8. The van der Waals surface area contributed by atoms with E-state index in [1.165, 1.54) is 25.8 Å². The molecule has 0 radical (unpaired) electrons. The first kappa shape index (κ1) is 13.7. The number of ether oxygens (including phenoxy) is 1. The number of para-hydroxylation sites is 1. The molecule has 0 saturated carbocycles. The van der Waals surface area contributed by atoms with Crippen LogP contribution in [0.5, 0.6) is 5.75 Å². The van der Waals surface area contributed by atoms with Crippen molar-refractivity contribution in [1.82, 2.24) is 4.90 Å². The van der Waals surface area contributed by atoms with Gasteiger partial charge in [0.2, 0.25) is 0 Å². The highest BCUT2D eigenvalue weighted by Gasteiger charge is 2.17. The Balaban J connectivity index is 1.68. The molecule has 1 fully saturated rings. The van der Waals surface area contributed by atoms with Gasteiger partial charge in [-0.2, -0.15) is 0 Å². The topological polar surface area (TPSA) is 12.5 Å². The molecule has 100 valence electrons. The van der Waals surface area contributed by atoms with E-state index in [2.05, 4.69) is 11.8 Å². The molecule has 18 heavy (non-hydrogen) atoms. The van der Waals surface area contributed by atoms with Gasteiger partial charge in [-0.1, -0.05) is 30.2 Å². The lowest BCUT2D eigenvalue weighted by Gasteiger charge is -2.33. The van der Waals surface area contributed by atoms with Crippen molar-refractivity contribution in [3.05, 3.63) is 29.3 Å². The van der Waals surface area contributed by atoms with Gasteiger partial charge in [0.25, 0.3) is 0 Å². The molecule has 1 aromatic carbocycles. The number of likely N-dealkylation sites (tertiary alicyclic amines) is 1. The monoisotopic (exact) mass is 267 g/mol. The number of halogens is 1. The Morgan fingerprint density at radius 3 is 2.94 bits per heavy atom. The molecule has 1 saturated heterocycles. The molecule has 0 aliphatic carbocycles. The van der Waals surface area contributed by atoms with Gasteiger partial charge < -0.3 is 9.64 Å². The van der Waals surface area contributed by atoms with E-state index in [-0.39, 0.29) is 0 Å². The van der Waals surface area contributed by atoms with Gasteiger partial charge in [0.15, 0.2) is 0 Å². The summed E-state index contributed by atoms with van der Waals surface area (Å²) in [4.78, 5) is 2.57. The van der Waals surface area contributed by atoms with Crippen LogP contribution in [-0.2, 0) is 0 Å². The Morgan fingerprint density at radius 1 is 1.33 bits per heavy atom. The van der Waals surface area contributed by atoms with E-state index in [1.807, 2.05) is 24.3 Å². The first-order valence-electron chi connectivity index (χ1n) is 6.89. The highest BCUT2D eigenvalue weighted by molar-refractivity contribution is 6.32. The minimum atomic E-state index is 0.698. The Labute approximate surface area is 115 Å². The third-order valence-corrected chi connectivity index (χ3v) is 3.94. The molecule has 1 aliphatic heterocycles. The van der Waals surface area contributed by atoms with Gasteiger partial charge in [-0.05, 0) is 44.9 Å². The molecule has 0 amide bonds. The van der Waals surface area contributed by atoms with Crippen molar-refractivity contribution in [3.8, 4) is 5.75 Å². The second-order valence-electron chi connectivity index (χ2n) is 5.01. The van der Waals surface area contributed by atoms with Crippen molar-refractivity contribution in [1.29, 1.82) is 0 Å². The summed E-state index contributed by atoms with van der Waals surface area (Å²) in [6, 6.07) is 8.40. The van der Waals surface area contributed by atoms with Crippen LogP contribution in [0, 0.1) is 0 Å². The van der Waals surface area contributed by atoms with Crippen LogP contribution in [-0.4, -0.2) is 30.6 Å². The maximum absolute atomic E-state index is 6.04. The zero-order valence-electron chi connectivity index (χ0n) is 11.1. The second-order valence-corrected chi connectivity index (χ2v) is 5.42. The van der Waals surface area contributed by atoms with Crippen molar-refractivity contribution in [2.45, 2.75) is 38.6 Å². The maximum Gasteiger partial charge on any atom is 0.137 e. The second kappa shape index (κ2) is 7.01. The molecule has 1 unspecified atom stereocenters. The predicted molar refractivity (Wildman–Crippen MR) is 76.5 cm³/mol. The Kier molecular flexibility index (Phi) is 5.33. The zero-order valence-corrected chi connectivity index (χ0v) is 11.8. The van der Waals surface area contributed by atoms with Crippen LogP contribution in [0.15, 0.2) is 24.3 Å². The van der Waals surface area contributed by atoms with Crippen molar-refractivity contribution >= 4 is 11.6 Å². The van der Waals surface area contributed by atoms with E-state index in [9.17, 15) is 0 Å². The lowest BCUT2D eigenvalue weighted by molar-refractivity contribution is 0.148. The molecular formula is C15H22ClNO. The molecule has 0 N–H and O–H groups in total. The Morgan fingerprint density at radius 2 is 2.17 bits per heavy atom. The largest absolute Gasteiger partial charge is 0.492 e. The number of hydrogen-bond acceptors (Lipinski definition) is 2. The van der Waals surface area contributed by atoms with Gasteiger partial charge in [-0.15, -0.1) is 0 Å². The van der Waals surface area contributed by atoms with E-state index in [4.69, 9.17) is 16.3 Å². The first-order chi connectivity index (χ1) is 8.77. The summed E-state index contributed by atoms with van der Waals surface area (Å²) in [5.41, 5.74) is 0. The minimum absolute atomic E-state index is 0.698. The first-order valence-corrected chi connectivity index (χ1v) is 7.26. The molecule has 1 aliphatic rings.